The van der Waals surface area contributed by atoms with Gasteiger partial charge in [0.25, 0.3) is 5.91 Å². The molecule has 22 heavy (non-hydrogen) atoms. The SMILES string of the molecule is O=C(NC1c2ccccc2CC1O)c1ccc2nccn2c1. The summed E-state index contributed by atoms with van der Waals surface area (Å²) >= 11 is 0. The lowest BCUT2D eigenvalue weighted by molar-refractivity contribution is 0.0858. The second-order valence-corrected chi connectivity index (χ2v) is 5.53. The Hall–Kier alpha value is -2.66. The van der Waals surface area contributed by atoms with Crippen LogP contribution in [0.1, 0.15) is 27.5 Å². The second-order valence-electron chi connectivity index (χ2n) is 5.53. The average Bonchev–Trinajstić information content (AvgIpc) is 3.11. The lowest BCUT2D eigenvalue weighted by atomic mass is 10.1. The number of carbonyl (C=O) groups is 1. The van der Waals surface area contributed by atoms with E-state index in [1.807, 2.05) is 24.3 Å². The number of rotatable bonds is 2. The molecule has 110 valence electrons. The molecule has 1 aliphatic carbocycles. The van der Waals surface area contributed by atoms with Crippen molar-refractivity contribution in [3.63, 3.8) is 0 Å². The predicted octanol–water partition coefficient (Wildman–Crippen LogP) is 1.72. The number of amides is 1. The normalized spacial score (nSPS) is 20.0. The average molecular weight is 293 g/mol. The molecule has 2 N–H and O–H groups in total. The van der Waals surface area contributed by atoms with Crippen LogP contribution in [0.25, 0.3) is 5.65 Å². The van der Waals surface area contributed by atoms with Crippen LogP contribution in [0.3, 0.4) is 0 Å². The van der Waals surface area contributed by atoms with E-state index in [9.17, 15) is 9.90 Å². The molecule has 0 saturated heterocycles. The number of pyridine rings is 1. The first kappa shape index (κ1) is 13.0. The van der Waals surface area contributed by atoms with E-state index in [0.717, 1.165) is 16.8 Å². The number of aliphatic hydroxyl groups excluding tert-OH is 1. The number of benzene rings is 1. The van der Waals surface area contributed by atoms with Gasteiger partial charge >= 0.3 is 0 Å². The number of hydrogen-bond donors (Lipinski definition) is 2. The summed E-state index contributed by atoms with van der Waals surface area (Å²) in [5.74, 6) is -0.198. The van der Waals surface area contributed by atoms with Crippen molar-refractivity contribution >= 4 is 11.6 Å². The minimum Gasteiger partial charge on any atom is -0.390 e. The molecular weight excluding hydrogens is 278 g/mol. The monoisotopic (exact) mass is 293 g/mol. The van der Waals surface area contributed by atoms with Gasteiger partial charge in [-0.1, -0.05) is 24.3 Å². The van der Waals surface area contributed by atoms with Gasteiger partial charge in [-0.2, -0.15) is 0 Å². The smallest absolute Gasteiger partial charge is 0.253 e. The number of aliphatic hydroxyl groups is 1. The van der Waals surface area contributed by atoms with Crippen LogP contribution in [0.15, 0.2) is 55.0 Å². The van der Waals surface area contributed by atoms with Crippen LogP contribution in [0.4, 0.5) is 0 Å². The molecule has 5 heteroatoms. The van der Waals surface area contributed by atoms with Crippen molar-refractivity contribution in [1.29, 1.82) is 0 Å². The number of fused-ring (bicyclic) bond motifs is 2. The molecule has 0 spiro atoms. The summed E-state index contributed by atoms with van der Waals surface area (Å²) in [6.07, 6.45) is 5.21. The number of nitrogens with zero attached hydrogens (tertiary/aromatic N) is 2. The van der Waals surface area contributed by atoms with Gasteiger partial charge in [-0.05, 0) is 23.3 Å². The van der Waals surface area contributed by atoms with Crippen molar-refractivity contribution in [2.45, 2.75) is 18.6 Å². The minimum absolute atomic E-state index is 0.198. The molecule has 2 unspecified atom stereocenters. The third kappa shape index (κ3) is 2.07. The maximum atomic E-state index is 12.5. The van der Waals surface area contributed by atoms with Crippen molar-refractivity contribution in [2.24, 2.45) is 0 Å². The third-order valence-electron chi connectivity index (χ3n) is 4.14. The van der Waals surface area contributed by atoms with Gasteiger partial charge in [-0.3, -0.25) is 4.79 Å². The van der Waals surface area contributed by atoms with E-state index in [1.165, 1.54) is 0 Å². The Morgan fingerprint density at radius 1 is 1.27 bits per heavy atom. The minimum atomic E-state index is -0.585. The van der Waals surface area contributed by atoms with E-state index in [4.69, 9.17) is 0 Å². The fourth-order valence-electron chi connectivity index (χ4n) is 3.03. The van der Waals surface area contributed by atoms with Gasteiger partial charge in [-0.15, -0.1) is 0 Å². The maximum Gasteiger partial charge on any atom is 0.253 e. The summed E-state index contributed by atoms with van der Waals surface area (Å²) in [5, 5.41) is 13.2. The molecule has 1 aliphatic rings. The van der Waals surface area contributed by atoms with Crippen LogP contribution in [0.2, 0.25) is 0 Å². The Labute approximate surface area is 127 Å². The lowest BCUT2D eigenvalue weighted by Gasteiger charge is -2.18. The first-order valence-electron chi connectivity index (χ1n) is 7.22. The standard InChI is InChI=1S/C17H15N3O2/c21-14-9-11-3-1-2-4-13(11)16(14)19-17(22)12-5-6-15-18-7-8-20(15)10-12/h1-8,10,14,16,21H,9H2,(H,19,22). The molecule has 0 aliphatic heterocycles. The zero-order valence-electron chi connectivity index (χ0n) is 11.8. The molecule has 1 aromatic carbocycles. The van der Waals surface area contributed by atoms with E-state index >= 15 is 0 Å². The van der Waals surface area contributed by atoms with E-state index in [0.29, 0.717) is 12.0 Å². The first-order chi connectivity index (χ1) is 10.7. The van der Waals surface area contributed by atoms with E-state index < -0.39 is 6.10 Å². The summed E-state index contributed by atoms with van der Waals surface area (Å²) in [5.41, 5.74) is 3.42. The van der Waals surface area contributed by atoms with Gasteiger partial charge in [0.05, 0.1) is 17.7 Å². The zero-order valence-corrected chi connectivity index (χ0v) is 11.8. The van der Waals surface area contributed by atoms with Gasteiger partial charge < -0.3 is 14.8 Å². The second kappa shape index (κ2) is 4.96. The highest BCUT2D eigenvalue weighted by molar-refractivity contribution is 5.94. The number of imidazole rings is 1. The number of aromatic nitrogens is 2. The molecular formula is C17H15N3O2. The van der Waals surface area contributed by atoms with Gasteiger partial charge in [0.15, 0.2) is 0 Å². The Morgan fingerprint density at radius 2 is 2.14 bits per heavy atom. The van der Waals surface area contributed by atoms with Crippen molar-refractivity contribution in [2.75, 3.05) is 0 Å². The zero-order chi connectivity index (χ0) is 15.1. The Bertz CT molecular complexity index is 856. The molecule has 5 nitrogen and oxygen atoms in total. The van der Waals surface area contributed by atoms with Crippen molar-refractivity contribution in [1.82, 2.24) is 14.7 Å². The molecule has 0 fully saturated rings. The van der Waals surface area contributed by atoms with Gasteiger partial charge in [0.2, 0.25) is 0 Å². The number of carbonyl (C=O) groups excluding carboxylic acids is 1. The van der Waals surface area contributed by atoms with Crippen molar-refractivity contribution in [3.05, 3.63) is 71.7 Å². The Balaban J connectivity index is 1.61. The largest absolute Gasteiger partial charge is 0.390 e. The van der Waals surface area contributed by atoms with Crippen molar-refractivity contribution < 1.29 is 9.90 Å². The predicted molar refractivity (Wildman–Crippen MR) is 81.6 cm³/mol. The highest BCUT2D eigenvalue weighted by Gasteiger charge is 2.32. The summed E-state index contributed by atoms with van der Waals surface area (Å²) in [6.45, 7) is 0. The van der Waals surface area contributed by atoms with Crippen molar-refractivity contribution in [3.8, 4) is 0 Å². The Kier molecular flexibility index (Phi) is 2.94. The molecule has 0 radical (unpaired) electrons. The summed E-state index contributed by atoms with van der Waals surface area (Å²) < 4.78 is 1.80. The van der Waals surface area contributed by atoms with Crippen LogP contribution < -0.4 is 5.32 Å². The number of nitrogens with one attached hydrogen (secondary N) is 1. The highest BCUT2D eigenvalue weighted by atomic mass is 16.3. The van der Waals surface area contributed by atoms with Crippen LogP contribution >= 0.6 is 0 Å². The van der Waals surface area contributed by atoms with Crippen LogP contribution in [-0.2, 0) is 6.42 Å². The van der Waals surface area contributed by atoms with Gasteiger partial charge in [-0.25, -0.2) is 4.98 Å². The van der Waals surface area contributed by atoms with E-state index in [2.05, 4.69) is 10.3 Å². The molecule has 4 rings (SSSR count). The van der Waals surface area contributed by atoms with E-state index in [-0.39, 0.29) is 11.9 Å². The molecule has 1 amide bonds. The van der Waals surface area contributed by atoms with Gasteiger partial charge in [0.1, 0.15) is 5.65 Å². The fraction of sp³-hybridized carbons (Fsp3) is 0.176. The highest BCUT2D eigenvalue weighted by Crippen LogP contribution is 2.31. The van der Waals surface area contributed by atoms with Crippen LogP contribution in [0, 0.1) is 0 Å². The molecule has 0 bridgehead atoms. The van der Waals surface area contributed by atoms with Gasteiger partial charge in [0, 0.05) is 25.0 Å². The lowest BCUT2D eigenvalue weighted by Crippen LogP contribution is -2.33. The molecule has 2 aromatic heterocycles. The Morgan fingerprint density at radius 3 is 3.05 bits per heavy atom. The number of hydrogen-bond acceptors (Lipinski definition) is 3. The third-order valence-corrected chi connectivity index (χ3v) is 4.14. The summed E-state index contributed by atoms with van der Waals surface area (Å²) in [4.78, 5) is 16.6. The fourth-order valence-corrected chi connectivity index (χ4v) is 3.03. The summed E-state index contributed by atoms with van der Waals surface area (Å²) in [7, 11) is 0. The summed E-state index contributed by atoms with van der Waals surface area (Å²) in [6, 6.07) is 11.0. The molecule has 3 aromatic rings. The molecule has 2 heterocycles. The first-order valence-corrected chi connectivity index (χ1v) is 7.22. The quantitative estimate of drug-likeness (QED) is 0.756. The molecule has 0 saturated carbocycles. The van der Waals surface area contributed by atoms with Crippen LogP contribution in [0.5, 0.6) is 0 Å². The van der Waals surface area contributed by atoms with E-state index in [1.54, 1.807) is 35.1 Å². The molecule has 2 atom stereocenters. The topological polar surface area (TPSA) is 66.6 Å². The van der Waals surface area contributed by atoms with Crippen LogP contribution in [-0.4, -0.2) is 26.5 Å². The maximum absolute atomic E-state index is 12.5.